The van der Waals surface area contributed by atoms with Crippen LogP contribution in [-0.2, 0) is 22.9 Å². The van der Waals surface area contributed by atoms with E-state index in [1.165, 1.54) is 11.3 Å². The maximum atomic E-state index is 12.2. The third kappa shape index (κ3) is 4.83. The molecule has 0 spiro atoms. The standard InChI is InChI=1S/C20H23NO4S2/c1-4-16-10-11-18(26-16)27(22,23)21-12-5-6-13-24-17-9-7-8-15-14-20(2,3)25-19(15)17/h7-11,21H,4,12-14H2,1-3H3. The van der Waals surface area contributed by atoms with Gasteiger partial charge in [0.05, 0.1) is 6.54 Å². The van der Waals surface area contributed by atoms with Crippen LogP contribution >= 0.6 is 11.3 Å². The Labute approximate surface area is 164 Å². The molecule has 0 bridgehead atoms. The quantitative estimate of drug-likeness (QED) is 0.749. The summed E-state index contributed by atoms with van der Waals surface area (Å²) >= 11 is 1.28. The number of hydrogen-bond acceptors (Lipinski definition) is 5. The highest BCUT2D eigenvalue weighted by molar-refractivity contribution is 7.91. The Kier molecular flexibility index (Phi) is 5.80. The molecule has 1 aromatic heterocycles. The van der Waals surface area contributed by atoms with E-state index in [0.717, 1.165) is 29.0 Å². The van der Waals surface area contributed by atoms with Gasteiger partial charge in [0.2, 0.25) is 0 Å². The fourth-order valence-electron chi connectivity index (χ4n) is 2.82. The first-order valence-corrected chi connectivity index (χ1v) is 11.1. The minimum atomic E-state index is -3.50. The van der Waals surface area contributed by atoms with Gasteiger partial charge < -0.3 is 9.47 Å². The molecule has 0 aliphatic carbocycles. The largest absolute Gasteiger partial charge is 0.483 e. The van der Waals surface area contributed by atoms with Gasteiger partial charge >= 0.3 is 0 Å². The number of aryl methyl sites for hydroxylation is 1. The molecule has 0 atom stereocenters. The molecular weight excluding hydrogens is 382 g/mol. The van der Waals surface area contributed by atoms with E-state index in [2.05, 4.69) is 16.6 Å². The maximum absolute atomic E-state index is 12.2. The summed E-state index contributed by atoms with van der Waals surface area (Å²) in [6, 6.07) is 9.28. The first-order chi connectivity index (χ1) is 12.8. The Morgan fingerprint density at radius 2 is 2.07 bits per heavy atom. The number of benzene rings is 1. The van der Waals surface area contributed by atoms with Crippen LogP contribution < -0.4 is 14.2 Å². The molecule has 0 saturated heterocycles. The fraction of sp³-hybridized carbons (Fsp3) is 0.400. The monoisotopic (exact) mass is 405 g/mol. The Morgan fingerprint density at radius 1 is 1.26 bits per heavy atom. The van der Waals surface area contributed by atoms with Gasteiger partial charge in [0, 0.05) is 16.9 Å². The first kappa shape index (κ1) is 19.7. The SMILES string of the molecule is CCc1ccc(S(=O)(=O)NCC#CCOc2cccc3c2OC(C)(C)C3)s1. The summed E-state index contributed by atoms with van der Waals surface area (Å²) in [7, 11) is -3.50. The molecule has 0 fully saturated rings. The highest BCUT2D eigenvalue weighted by Gasteiger charge is 2.32. The molecule has 0 saturated carbocycles. The molecule has 0 unspecified atom stereocenters. The van der Waals surface area contributed by atoms with Crippen LogP contribution in [0.25, 0.3) is 0 Å². The van der Waals surface area contributed by atoms with Crippen molar-refractivity contribution in [2.24, 2.45) is 0 Å². The lowest BCUT2D eigenvalue weighted by atomic mass is 10.0. The first-order valence-electron chi connectivity index (χ1n) is 8.78. The van der Waals surface area contributed by atoms with Crippen LogP contribution in [0.5, 0.6) is 11.5 Å². The number of para-hydroxylation sites is 1. The van der Waals surface area contributed by atoms with Crippen molar-refractivity contribution in [3.05, 3.63) is 40.8 Å². The van der Waals surface area contributed by atoms with E-state index >= 15 is 0 Å². The molecule has 2 heterocycles. The zero-order valence-corrected chi connectivity index (χ0v) is 17.3. The Balaban J connectivity index is 1.52. The van der Waals surface area contributed by atoms with Crippen molar-refractivity contribution in [1.29, 1.82) is 0 Å². The second kappa shape index (κ2) is 7.93. The summed E-state index contributed by atoms with van der Waals surface area (Å²) in [4.78, 5) is 1.04. The third-order valence-corrected chi connectivity index (χ3v) is 7.20. The van der Waals surface area contributed by atoms with Gasteiger partial charge in [-0.15, -0.1) is 11.3 Å². The van der Waals surface area contributed by atoms with Gasteiger partial charge in [-0.25, -0.2) is 8.42 Å². The van der Waals surface area contributed by atoms with E-state index < -0.39 is 10.0 Å². The molecule has 0 radical (unpaired) electrons. The normalized spacial score (nSPS) is 14.8. The van der Waals surface area contributed by atoms with Gasteiger partial charge in [-0.05, 0) is 38.5 Å². The van der Waals surface area contributed by atoms with Crippen LogP contribution in [0.2, 0.25) is 0 Å². The second-order valence-corrected chi connectivity index (χ2v) is 9.99. The summed E-state index contributed by atoms with van der Waals surface area (Å²) in [5, 5.41) is 0. The number of rotatable bonds is 6. The van der Waals surface area contributed by atoms with Crippen molar-refractivity contribution in [3.63, 3.8) is 0 Å². The van der Waals surface area contributed by atoms with Crippen molar-refractivity contribution in [3.8, 4) is 23.3 Å². The zero-order valence-electron chi connectivity index (χ0n) is 15.7. The average Bonchev–Trinajstić information content (AvgIpc) is 3.21. The van der Waals surface area contributed by atoms with Crippen molar-refractivity contribution in [2.45, 2.75) is 43.4 Å². The lowest BCUT2D eigenvalue weighted by Gasteiger charge is -2.17. The van der Waals surface area contributed by atoms with Gasteiger partial charge in [0.25, 0.3) is 10.0 Å². The van der Waals surface area contributed by atoms with Crippen LogP contribution in [0.3, 0.4) is 0 Å². The molecule has 1 N–H and O–H groups in total. The smallest absolute Gasteiger partial charge is 0.250 e. The van der Waals surface area contributed by atoms with Crippen molar-refractivity contribution in [2.75, 3.05) is 13.2 Å². The Bertz CT molecular complexity index is 981. The average molecular weight is 406 g/mol. The lowest BCUT2D eigenvalue weighted by Crippen LogP contribution is -2.24. The number of sulfonamides is 1. The van der Waals surface area contributed by atoms with Gasteiger partial charge in [-0.1, -0.05) is 30.9 Å². The maximum Gasteiger partial charge on any atom is 0.250 e. The summed E-state index contributed by atoms with van der Waals surface area (Å²) in [6.07, 6.45) is 1.66. The zero-order chi connectivity index (χ0) is 19.5. The molecule has 1 aromatic carbocycles. The van der Waals surface area contributed by atoms with Gasteiger partial charge in [0.1, 0.15) is 16.4 Å². The van der Waals surface area contributed by atoms with Crippen LogP contribution in [0.1, 0.15) is 31.2 Å². The second-order valence-electron chi connectivity index (χ2n) is 6.82. The number of thiophene rings is 1. The predicted octanol–water partition coefficient (Wildman–Crippen LogP) is 3.38. The van der Waals surface area contributed by atoms with Crippen molar-refractivity contribution < 1.29 is 17.9 Å². The number of nitrogens with one attached hydrogen (secondary N) is 1. The molecule has 1 aliphatic rings. The van der Waals surface area contributed by atoms with Crippen molar-refractivity contribution >= 4 is 21.4 Å². The molecule has 5 nitrogen and oxygen atoms in total. The molecule has 27 heavy (non-hydrogen) atoms. The van der Waals surface area contributed by atoms with Crippen molar-refractivity contribution in [1.82, 2.24) is 4.72 Å². The molecule has 1 aliphatic heterocycles. The van der Waals surface area contributed by atoms with Gasteiger partial charge in [0.15, 0.2) is 11.5 Å². The van der Waals surface area contributed by atoms with Crippen LogP contribution in [0.15, 0.2) is 34.5 Å². The molecule has 3 rings (SSSR count). The van der Waals surface area contributed by atoms with E-state index in [4.69, 9.17) is 9.47 Å². The van der Waals surface area contributed by atoms with E-state index in [0.29, 0.717) is 9.96 Å². The predicted molar refractivity (Wildman–Crippen MR) is 107 cm³/mol. The van der Waals surface area contributed by atoms with E-state index in [1.807, 2.05) is 45.0 Å². The summed E-state index contributed by atoms with van der Waals surface area (Å²) in [6.45, 7) is 6.29. The van der Waals surface area contributed by atoms with Crippen LogP contribution in [-0.4, -0.2) is 27.2 Å². The fourth-order valence-corrected chi connectivity index (χ4v) is 5.09. The molecular formula is C20H23NO4S2. The summed E-state index contributed by atoms with van der Waals surface area (Å²) in [5.41, 5.74) is 0.895. The summed E-state index contributed by atoms with van der Waals surface area (Å²) < 4.78 is 38.8. The van der Waals surface area contributed by atoms with E-state index in [1.54, 1.807) is 6.07 Å². The van der Waals surface area contributed by atoms with Gasteiger partial charge in [-0.3, -0.25) is 0 Å². The molecule has 0 amide bonds. The number of fused-ring (bicyclic) bond motifs is 1. The highest BCUT2D eigenvalue weighted by Crippen LogP contribution is 2.41. The topological polar surface area (TPSA) is 64.6 Å². The van der Waals surface area contributed by atoms with Gasteiger partial charge in [-0.2, -0.15) is 4.72 Å². The lowest BCUT2D eigenvalue weighted by molar-refractivity contribution is 0.133. The highest BCUT2D eigenvalue weighted by atomic mass is 32.2. The number of hydrogen-bond donors (Lipinski definition) is 1. The van der Waals surface area contributed by atoms with Crippen LogP contribution in [0, 0.1) is 11.8 Å². The van der Waals surface area contributed by atoms with E-state index in [-0.39, 0.29) is 18.8 Å². The molecule has 7 heteroatoms. The Hall–Kier alpha value is -2.01. The minimum absolute atomic E-state index is 0.0431. The third-order valence-electron chi connectivity index (χ3n) is 4.08. The van der Waals surface area contributed by atoms with E-state index in [9.17, 15) is 8.42 Å². The Morgan fingerprint density at radius 3 is 2.81 bits per heavy atom. The number of ether oxygens (including phenoxy) is 2. The molecule has 144 valence electrons. The summed E-state index contributed by atoms with van der Waals surface area (Å²) in [5.74, 6) is 7.06. The molecule has 2 aromatic rings. The minimum Gasteiger partial charge on any atom is -0.483 e. The van der Waals surface area contributed by atoms with Crippen LogP contribution in [0.4, 0.5) is 0 Å².